The number of fused-ring (bicyclic) bond motifs is 1. The quantitative estimate of drug-likeness (QED) is 0.590. The highest BCUT2D eigenvalue weighted by atomic mass is 16.6. The minimum atomic E-state index is -0.664. The molecule has 0 fully saturated rings. The van der Waals surface area contributed by atoms with Crippen LogP contribution in [0.4, 0.5) is 22.0 Å². The number of aromatic nitrogens is 1. The molecule has 158 valence electrons. The topological polar surface area (TPSA) is 110 Å². The molecule has 0 saturated heterocycles. The summed E-state index contributed by atoms with van der Waals surface area (Å²) in [5.74, 6) is -0.439. The van der Waals surface area contributed by atoms with Crippen LogP contribution < -0.4 is 20.3 Å². The molecule has 9 heteroatoms. The lowest BCUT2D eigenvalue weighted by Crippen LogP contribution is -2.41. The maximum absolute atomic E-state index is 12.6. The lowest BCUT2D eigenvalue weighted by molar-refractivity contribution is -0.155. The molecular formula is C21H24N4O5. The van der Waals surface area contributed by atoms with Crippen molar-refractivity contribution in [3.63, 3.8) is 0 Å². The van der Waals surface area contributed by atoms with Gasteiger partial charge in [0.15, 0.2) is 11.6 Å². The molecule has 0 atom stereocenters. The summed E-state index contributed by atoms with van der Waals surface area (Å²) in [4.78, 5) is 42.2. The first-order chi connectivity index (χ1) is 14.2. The predicted molar refractivity (Wildman–Crippen MR) is 112 cm³/mol. The fourth-order valence-electron chi connectivity index (χ4n) is 2.79. The maximum Gasteiger partial charge on any atom is 0.327 e. The first-order valence-corrected chi connectivity index (χ1v) is 9.49. The summed E-state index contributed by atoms with van der Waals surface area (Å²) in [5.41, 5.74) is 0.358. The molecule has 1 aliphatic rings. The number of pyridine rings is 1. The van der Waals surface area contributed by atoms with Crippen LogP contribution in [-0.4, -0.2) is 41.6 Å². The van der Waals surface area contributed by atoms with Crippen LogP contribution in [0.5, 0.6) is 5.75 Å². The van der Waals surface area contributed by atoms with Gasteiger partial charge in [-0.05, 0) is 32.9 Å². The number of anilines is 3. The molecule has 2 N–H and O–H groups in total. The van der Waals surface area contributed by atoms with Crippen molar-refractivity contribution in [2.45, 2.75) is 32.8 Å². The van der Waals surface area contributed by atoms with Gasteiger partial charge in [0.05, 0.1) is 18.4 Å². The van der Waals surface area contributed by atoms with E-state index in [2.05, 4.69) is 15.6 Å². The van der Waals surface area contributed by atoms with E-state index >= 15 is 0 Å². The van der Waals surface area contributed by atoms with Crippen molar-refractivity contribution in [3.8, 4) is 5.75 Å². The van der Waals surface area contributed by atoms with Crippen LogP contribution in [0.25, 0.3) is 0 Å². The standard InChI is InChI=1S/C21H24N4O5/c1-21(2,3)30-18(27)12-17(26)23-15-11-16-19(22-13-15)25(9-10-29-16)20(28)24-14-7-5-4-6-8-14/h4-8,11,13H,9-10,12H2,1-3H3,(H,23,26)(H,24,28). The number of benzene rings is 1. The predicted octanol–water partition coefficient (Wildman–Crippen LogP) is 3.18. The maximum atomic E-state index is 12.6. The van der Waals surface area contributed by atoms with Crippen molar-refractivity contribution < 1.29 is 23.9 Å². The Morgan fingerprint density at radius 2 is 1.87 bits per heavy atom. The molecule has 9 nitrogen and oxygen atoms in total. The number of urea groups is 1. The second kappa shape index (κ2) is 8.81. The Kier molecular flexibility index (Phi) is 6.20. The monoisotopic (exact) mass is 412 g/mol. The zero-order chi connectivity index (χ0) is 21.7. The molecule has 0 bridgehead atoms. The van der Waals surface area contributed by atoms with Crippen LogP contribution in [0, 0.1) is 0 Å². The largest absolute Gasteiger partial charge is 0.488 e. The Balaban J connectivity index is 1.65. The molecule has 1 aromatic carbocycles. The third-order valence-corrected chi connectivity index (χ3v) is 3.94. The summed E-state index contributed by atoms with van der Waals surface area (Å²) in [6.45, 7) is 5.81. The van der Waals surface area contributed by atoms with E-state index in [1.807, 2.05) is 18.2 Å². The molecule has 30 heavy (non-hydrogen) atoms. The average Bonchev–Trinajstić information content (AvgIpc) is 2.66. The second-order valence-electron chi connectivity index (χ2n) is 7.65. The highest BCUT2D eigenvalue weighted by Gasteiger charge is 2.26. The van der Waals surface area contributed by atoms with Gasteiger partial charge >= 0.3 is 12.0 Å². The van der Waals surface area contributed by atoms with Crippen molar-refractivity contribution in [3.05, 3.63) is 42.6 Å². The smallest absolute Gasteiger partial charge is 0.327 e. The Morgan fingerprint density at radius 1 is 1.13 bits per heavy atom. The number of carbonyl (C=O) groups excluding carboxylic acids is 3. The van der Waals surface area contributed by atoms with E-state index in [0.717, 1.165) is 0 Å². The molecule has 0 spiro atoms. The number of esters is 1. The van der Waals surface area contributed by atoms with Gasteiger partial charge in [-0.1, -0.05) is 18.2 Å². The zero-order valence-corrected chi connectivity index (χ0v) is 17.1. The van der Waals surface area contributed by atoms with Crippen molar-refractivity contribution in [1.82, 2.24) is 4.98 Å². The highest BCUT2D eigenvalue weighted by molar-refractivity contribution is 6.03. The Hall–Kier alpha value is -3.62. The van der Waals surface area contributed by atoms with Gasteiger partial charge in [0.25, 0.3) is 0 Å². The summed E-state index contributed by atoms with van der Waals surface area (Å²) in [5, 5.41) is 5.40. The zero-order valence-electron chi connectivity index (χ0n) is 17.1. The van der Waals surface area contributed by atoms with Gasteiger partial charge in [0, 0.05) is 11.8 Å². The number of ether oxygens (including phenoxy) is 2. The molecule has 0 radical (unpaired) electrons. The first-order valence-electron chi connectivity index (χ1n) is 9.49. The third kappa shape index (κ3) is 5.69. The molecular weight excluding hydrogens is 388 g/mol. The van der Waals surface area contributed by atoms with E-state index in [4.69, 9.17) is 9.47 Å². The van der Waals surface area contributed by atoms with E-state index < -0.39 is 23.9 Å². The average molecular weight is 412 g/mol. The molecule has 2 aromatic rings. The summed E-state index contributed by atoms with van der Waals surface area (Å²) in [6.07, 6.45) is 0.990. The van der Waals surface area contributed by atoms with E-state index in [-0.39, 0.29) is 12.6 Å². The number of para-hydroxylation sites is 1. The molecule has 2 heterocycles. The molecule has 0 saturated carbocycles. The molecule has 0 aliphatic carbocycles. The second-order valence-corrected chi connectivity index (χ2v) is 7.65. The van der Waals surface area contributed by atoms with Gasteiger partial charge in [-0.25, -0.2) is 9.78 Å². The first kappa shape index (κ1) is 21.1. The molecule has 0 unspecified atom stereocenters. The van der Waals surface area contributed by atoms with Crippen LogP contribution in [0.2, 0.25) is 0 Å². The molecule has 3 amide bonds. The Labute approximate surface area is 174 Å². The lowest BCUT2D eigenvalue weighted by atomic mass is 10.2. The minimum absolute atomic E-state index is 0.284. The summed E-state index contributed by atoms with van der Waals surface area (Å²) < 4.78 is 10.7. The van der Waals surface area contributed by atoms with Crippen LogP contribution in [-0.2, 0) is 14.3 Å². The van der Waals surface area contributed by atoms with Crippen molar-refractivity contribution in [2.75, 3.05) is 28.7 Å². The fraction of sp³-hybridized carbons (Fsp3) is 0.333. The molecule has 3 rings (SSSR count). The summed E-state index contributed by atoms with van der Waals surface area (Å²) in [6, 6.07) is 10.3. The normalized spacial score (nSPS) is 13.0. The number of hydrogen-bond acceptors (Lipinski definition) is 6. The SMILES string of the molecule is CC(C)(C)OC(=O)CC(=O)Nc1cnc2c(c1)OCCN2C(=O)Nc1ccccc1. The molecule has 1 aliphatic heterocycles. The van der Waals surface area contributed by atoms with E-state index in [1.54, 1.807) is 39.0 Å². The lowest BCUT2D eigenvalue weighted by Gasteiger charge is -2.28. The molecule has 1 aromatic heterocycles. The summed E-state index contributed by atoms with van der Waals surface area (Å²) in [7, 11) is 0. The minimum Gasteiger partial charge on any atom is -0.488 e. The Morgan fingerprint density at radius 3 is 2.57 bits per heavy atom. The van der Waals surface area contributed by atoms with Crippen molar-refractivity contribution in [2.24, 2.45) is 0 Å². The Bertz CT molecular complexity index is 940. The number of amides is 3. The number of nitrogens with one attached hydrogen (secondary N) is 2. The van der Waals surface area contributed by atoms with Gasteiger partial charge in [-0.2, -0.15) is 0 Å². The number of hydrogen-bond donors (Lipinski definition) is 2. The van der Waals surface area contributed by atoms with E-state index in [0.29, 0.717) is 29.5 Å². The fourth-order valence-corrected chi connectivity index (χ4v) is 2.79. The van der Waals surface area contributed by atoms with Crippen LogP contribution in [0.1, 0.15) is 27.2 Å². The third-order valence-electron chi connectivity index (χ3n) is 3.94. The number of rotatable bonds is 4. The van der Waals surface area contributed by atoms with Gasteiger partial charge in [0.2, 0.25) is 5.91 Å². The summed E-state index contributed by atoms with van der Waals surface area (Å²) >= 11 is 0. The van der Waals surface area contributed by atoms with Crippen molar-refractivity contribution in [1.29, 1.82) is 0 Å². The van der Waals surface area contributed by atoms with Gasteiger partial charge in [-0.3, -0.25) is 14.5 Å². The van der Waals surface area contributed by atoms with E-state index in [9.17, 15) is 14.4 Å². The van der Waals surface area contributed by atoms with E-state index in [1.165, 1.54) is 11.1 Å². The van der Waals surface area contributed by atoms with Gasteiger partial charge < -0.3 is 20.1 Å². The van der Waals surface area contributed by atoms with Gasteiger partial charge in [-0.15, -0.1) is 0 Å². The number of nitrogens with zero attached hydrogens (tertiary/aromatic N) is 2. The highest BCUT2D eigenvalue weighted by Crippen LogP contribution is 2.32. The van der Waals surface area contributed by atoms with Crippen LogP contribution in [0.15, 0.2) is 42.6 Å². The van der Waals surface area contributed by atoms with Crippen LogP contribution in [0.3, 0.4) is 0 Å². The van der Waals surface area contributed by atoms with Crippen LogP contribution >= 0.6 is 0 Å². The van der Waals surface area contributed by atoms with Crippen molar-refractivity contribution >= 4 is 35.1 Å². The van der Waals surface area contributed by atoms with Gasteiger partial charge in [0.1, 0.15) is 18.6 Å². The number of carbonyl (C=O) groups is 3.